The Morgan fingerprint density at radius 2 is 1.43 bits per heavy atom. The van der Waals surface area contributed by atoms with Gasteiger partial charge in [0.1, 0.15) is 5.75 Å². The Balaban J connectivity index is 1.92. The summed E-state index contributed by atoms with van der Waals surface area (Å²) in [4.78, 5) is 4.39. The van der Waals surface area contributed by atoms with Gasteiger partial charge in [-0.3, -0.25) is 4.99 Å². The number of nitrogens with zero attached hydrogens (tertiary/aromatic N) is 1. The van der Waals surface area contributed by atoms with E-state index in [1.54, 1.807) is 12.3 Å². The Kier molecular flexibility index (Phi) is 10.5. The Bertz CT molecular complexity index is 387. The minimum absolute atomic E-state index is 0.310. The van der Waals surface area contributed by atoms with Crippen molar-refractivity contribution >= 4 is 6.21 Å². The van der Waals surface area contributed by atoms with Crippen LogP contribution in [0, 0.1) is 0 Å². The highest BCUT2D eigenvalue weighted by Gasteiger charge is 1.94. The van der Waals surface area contributed by atoms with Crippen LogP contribution in [-0.4, -0.2) is 17.9 Å². The number of rotatable bonds is 12. The number of unbranched alkanes of at least 4 members (excludes halogenated alkanes) is 9. The third-order valence-electron chi connectivity index (χ3n) is 3.81. The molecule has 0 saturated heterocycles. The molecule has 118 valence electrons. The molecule has 2 heteroatoms. The molecule has 1 rings (SSSR count). The average molecular weight is 289 g/mol. The van der Waals surface area contributed by atoms with Crippen LogP contribution >= 0.6 is 0 Å². The van der Waals surface area contributed by atoms with Crippen LogP contribution in [0.4, 0.5) is 0 Å². The second-order valence-electron chi connectivity index (χ2n) is 5.78. The maximum absolute atomic E-state index is 9.60. The number of aliphatic imine (C=N–C) groups is 1. The van der Waals surface area contributed by atoms with Crippen LogP contribution in [0.3, 0.4) is 0 Å². The van der Waals surface area contributed by atoms with E-state index in [1.165, 1.54) is 57.8 Å². The fourth-order valence-electron chi connectivity index (χ4n) is 2.45. The monoisotopic (exact) mass is 289 g/mol. The second-order valence-corrected chi connectivity index (χ2v) is 5.78. The van der Waals surface area contributed by atoms with Gasteiger partial charge >= 0.3 is 0 Å². The van der Waals surface area contributed by atoms with E-state index in [1.807, 2.05) is 18.2 Å². The van der Waals surface area contributed by atoms with Crippen LogP contribution in [0.1, 0.15) is 76.7 Å². The molecule has 0 bridgehead atoms. The van der Waals surface area contributed by atoms with Gasteiger partial charge in [-0.05, 0) is 18.6 Å². The quantitative estimate of drug-likeness (QED) is 0.386. The third kappa shape index (κ3) is 9.28. The lowest BCUT2D eigenvalue weighted by atomic mass is 10.1. The van der Waals surface area contributed by atoms with Gasteiger partial charge in [-0.2, -0.15) is 0 Å². The van der Waals surface area contributed by atoms with Crippen molar-refractivity contribution in [2.45, 2.75) is 71.1 Å². The molecular weight excluding hydrogens is 258 g/mol. The van der Waals surface area contributed by atoms with Gasteiger partial charge in [0.25, 0.3) is 0 Å². The summed E-state index contributed by atoms with van der Waals surface area (Å²) in [7, 11) is 0. The van der Waals surface area contributed by atoms with E-state index in [9.17, 15) is 5.11 Å². The zero-order chi connectivity index (χ0) is 15.2. The number of benzene rings is 1. The first kappa shape index (κ1) is 17.7. The predicted octanol–water partition coefficient (Wildman–Crippen LogP) is 5.73. The molecule has 21 heavy (non-hydrogen) atoms. The summed E-state index contributed by atoms with van der Waals surface area (Å²) in [5.74, 6) is 0.310. The van der Waals surface area contributed by atoms with Gasteiger partial charge in [-0.25, -0.2) is 0 Å². The Morgan fingerprint density at radius 1 is 0.857 bits per heavy atom. The number of phenolic OH excluding ortho intramolecular Hbond substituents is 1. The Labute approximate surface area is 130 Å². The molecule has 1 aromatic rings. The highest BCUT2D eigenvalue weighted by Crippen LogP contribution is 2.13. The highest BCUT2D eigenvalue weighted by molar-refractivity contribution is 5.83. The molecule has 0 atom stereocenters. The van der Waals surface area contributed by atoms with Crippen LogP contribution < -0.4 is 0 Å². The number of para-hydroxylation sites is 1. The molecule has 0 aromatic heterocycles. The molecule has 0 radical (unpaired) electrons. The first-order valence-corrected chi connectivity index (χ1v) is 8.62. The van der Waals surface area contributed by atoms with E-state index >= 15 is 0 Å². The van der Waals surface area contributed by atoms with Gasteiger partial charge in [0.2, 0.25) is 0 Å². The summed E-state index contributed by atoms with van der Waals surface area (Å²) in [5.41, 5.74) is 0.810. The fraction of sp³-hybridized carbons (Fsp3) is 0.632. The molecule has 0 fully saturated rings. The van der Waals surface area contributed by atoms with Gasteiger partial charge in [0.05, 0.1) is 0 Å². The lowest BCUT2D eigenvalue weighted by molar-refractivity contribution is 0.474. The summed E-state index contributed by atoms with van der Waals surface area (Å²) in [6, 6.07) is 7.33. The van der Waals surface area contributed by atoms with Crippen molar-refractivity contribution < 1.29 is 5.11 Å². The molecular formula is C19H31NO. The van der Waals surface area contributed by atoms with Crippen molar-refractivity contribution in [2.24, 2.45) is 4.99 Å². The second kappa shape index (κ2) is 12.4. The summed E-state index contributed by atoms with van der Waals surface area (Å²) >= 11 is 0. The van der Waals surface area contributed by atoms with E-state index in [2.05, 4.69) is 11.9 Å². The lowest BCUT2D eigenvalue weighted by Crippen LogP contribution is -1.87. The Hall–Kier alpha value is -1.31. The van der Waals surface area contributed by atoms with Gasteiger partial charge in [0.15, 0.2) is 0 Å². The van der Waals surface area contributed by atoms with E-state index in [4.69, 9.17) is 0 Å². The van der Waals surface area contributed by atoms with Crippen molar-refractivity contribution in [1.29, 1.82) is 0 Å². The fourth-order valence-corrected chi connectivity index (χ4v) is 2.45. The van der Waals surface area contributed by atoms with E-state index < -0.39 is 0 Å². The number of aromatic hydroxyl groups is 1. The largest absolute Gasteiger partial charge is 0.507 e. The molecule has 0 aliphatic heterocycles. The standard InChI is InChI=1S/C19H31NO/c1-2-3-4-5-6-7-8-9-10-13-16-20-17-18-14-11-12-15-19(18)21/h11-12,14-15,17,21H,2-10,13,16H2,1H3. The molecule has 0 unspecified atom stereocenters. The minimum atomic E-state index is 0.310. The summed E-state index contributed by atoms with van der Waals surface area (Å²) in [6.07, 6.45) is 15.3. The maximum atomic E-state index is 9.60. The molecule has 0 amide bonds. The van der Waals surface area contributed by atoms with Crippen molar-refractivity contribution in [1.82, 2.24) is 0 Å². The minimum Gasteiger partial charge on any atom is -0.507 e. The van der Waals surface area contributed by atoms with Crippen LogP contribution in [0.25, 0.3) is 0 Å². The first-order valence-electron chi connectivity index (χ1n) is 8.62. The van der Waals surface area contributed by atoms with Gasteiger partial charge in [-0.1, -0.05) is 76.8 Å². The van der Waals surface area contributed by atoms with Crippen LogP contribution in [0.2, 0.25) is 0 Å². The summed E-state index contributed by atoms with van der Waals surface area (Å²) < 4.78 is 0. The highest BCUT2D eigenvalue weighted by atomic mass is 16.3. The number of hydrogen-bond donors (Lipinski definition) is 1. The summed E-state index contributed by atoms with van der Waals surface area (Å²) in [6.45, 7) is 3.13. The van der Waals surface area contributed by atoms with Crippen molar-refractivity contribution in [3.05, 3.63) is 29.8 Å². The van der Waals surface area contributed by atoms with Crippen LogP contribution in [0.15, 0.2) is 29.3 Å². The Morgan fingerprint density at radius 3 is 2.05 bits per heavy atom. The lowest BCUT2D eigenvalue weighted by Gasteiger charge is -2.01. The van der Waals surface area contributed by atoms with Crippen molar-refractivity contribution in [3.63, 3.8) is 0 Å². The molecule has 2 nitrogen and oxygen atoms in total. The van der Waals surface area contributed by atoms with Crippen LogP contribution in [0.5, 0.6) is 5.75 Å². The normalized spacial score (nSPS) is 11.3. The number of hydrogen-bond acceptors (Lipinski definition) is 2. The predicted molar refractivity (Wildman–Crippen MR) is 92.4 cm³/mol. The van der Waals surface area contributed by atoms with E-state index in [0.29, 0.717) is 5.75 Å². The molecule has 0 heterocycles. The molecule has 0 saturated carbocycles. The van der Waals surface area contributed by atoms with Crippen molar-refractivity contribution in [2.75, 3.05) is 6.54 Å². The smallest absolute Gasteiger partial charge is 0.124 e. The van der Waals surface area contributed by atoms with E-state index in [0.717, 1.165) is 18.5 Å². The molecule has 1 aromatic carbocycles. The number of phenols is 1. The zero-order valence-electron chi connectivity index (χ0n) is 13.6. The molecule has 0 aliphatic rings. The molecule has 1 N–H and O–H groups in total. The van der Waals surface area contributed by atoms with Crippen LogP contribution in [-0.2, 0) is 0 Å². The maximum Gasteiger partial charge on any atom is 0.124 e. The van der Waals surface area contributed by atoms with E-state index in [-0.39, 0.29) is 0 Å². The molecule has 0 aliphatic carbocycles. The molecule has 0 spiro atoms. The topological polar surface area (TPSA) is 32.6 Å². The van der Waals surface area contributed by atoms with Crippen molar-refractivity contribution in [3.8, 4) is 5.75 Å². The third-order valence-corrected chi connectivity index (χ3v) is 3.81. The SMILES string of the molecule is CCCCCCCCCCCCN=Cc1ccccc1O. The van der Waals surface area contributed by atoms with Gasteiger partial charge in [0, 0.05) is 18.3 Å². The first-order chi connectivity index (χ1) is 10.3. The van der Waals surface area contributed by atoms with Gasteiger partial charge < -0.3 is 5.11 Å². The average Bonchev–Trinajstić information content (AvgIpc) is 2.50. The zero-order valence-corrected chi connectivity index (χ0v) is 13.6. The summed E-state index contributed by atoms with van der Waals surface area (Å²) in [5, 5.41) is 9.60. The van der Waals surface area contributed by atoms with Gasteiger partial charge in [-0.15, -0.1) is 0 Å².